The van der Waals surface area contributed by atoms with Crippen molar-refractivity contribution < 1.29 is 19.1 Å². The first-order valence-corrected chi connectivity index (χ1v) is 7.73. The number of ether oxygens (including phenoxy) is 2. The fourth-order valence-electron chi connectivity index (χ4n) is 2.05. The van der Waals surface area contributed by atoms with Crippen LogP contribution in [0.2, 0.25) is 0 Å². The molecule has 1 saturated heterocycles. The van der Waals surface area contributed by atoms with Gasteiger partial charge in [-0.1, -0.05) is 13.3 Å². The largest absolute Gasteiger partial charge is 0.450 e. The predicted octanol–water partition coefficient (Wildman–Crippen LogP) is 2.91. The molecule has 1 heterocycles. The molecule has 0 aromatic rings. The molecule has 0 spiro atoms. The molecular formula is C15H28N2O4. The van der Waals surface area contributed by atoms with Crippen molar-refractivity contribution in [3.63, 3.8) is 0 Å². The number of likely N-dealkylation sites (tertiary alicyclic amines) is 1. The highest BCUT2D eigenvalue weighted by atomic mass is 16.6. The summed E-state index contributed by atoms with van der Waals surface area (Å²) in [6, 6.07) is 0.0674. The Morgan fingerprint density at radius 2 is 1.86 bits per heavy atom. The number of nitrogens with one attached hydrogen (secondary N) is 1. The molecular weight excluding hydrogens is 272 g/mol. The minimum Gasteiger partial charge on any atom is -0.450 e. The van der Waals surface area contributed by atoms with Crippen molar-refractivity contribution in [3.05, 3.63) is 0 Å². The number of unbranched alkanes of at least 4 members (excludes halogenated alkanes) is 1. The lowest BCUT2D eigenvalue weighted by molar-refractivity contribution is 0.0198. The molecule has 0 radical (unpaired) electrons. The van der Waals surface area contributed by atoms with Crippen molar-refractivity contribution in [2.45, 2.75) is 65.0 Å². The Labute approximate surface area is 127 Å². The van der Waals surface area contributed by atoms with Gasteiger partial charge in [-0.15, -0.1) is 0 Å². The molecule has 0 unspecified atom stereocenters. The maximum absolute atomic E-state index is 11.9. The Bertz CT molecular complexity index is 344. The highest BCUT2D eigenvalue weighted by Crippen LogP contribution is 2.15. The highest BCUT2D eigenvalue weighted by molar-refractivity contribution is 5.69. The van der Waals surface area contributed by atoms with E-state index in [4.69, 9.17) is 9.47 Å². The summed E-state index contributed by atoms with van der Waals surface area (Å²) in [5.74, 6) is 0. The molecule has 122 valence electrons. The average Bonchev–Trinajstić information content (AvgIpc) is 2.38. The lowest BCUT2D eigenvalue weighted by atomic mass is 10.1. The van der Waals surface area contributed by atoms with Crippen molar-refractivity contribution in [2.24, 2.45) is 0 Å². The lowest BCUT2D eigenvalue weighted by Gasteiger charge is -2.33. The normalized spacial score (nSPS) is 16.5. The van der Waals surface area contributed by atoms with E-state index in [-0.39, 0.29) is 18.2 Å². The summed E-state index contributed by atoms with van der Waals surface area (Å²) < 4.78 is 10.4. The van der Waals surface area contributed by atoms with Gasteiger partial charge < -0.3 is 19.7 Å². The Morgan fingerprint density at radius 1 is 1.24 bits per heavy atom. The van der Waals surface area contributed by atoms with Crippen molar-refractivity contribution in [3.8, 4) is 0 Å². The van der Waals surface area contributed by atoms with Crippen LogP contribution >= 0.6 is 0 Å². The SMILES string of the molecule is CCCCOC(=O)NC1CCN(C(=O)OC(C)(C)C)CC1. The minimum atomic E-state index is -0.477. The predicted molar refractivity (Wildman–Crippen MR) is 80.2 cm³/mol. The van der Waals surface area contributed by atoms with Crippen LogP contribution in [0, 0.1) is 0 Å². The van der Waals surface area contributed by atoms with Crippen LogP contribution in [-0.4, -0.2) is 48.4 Å². The van der Waals surface area contributed by atoms with Gasteiger partial charge in [0.05, 0.1) is 6.61 Å². The first-order chi connectivity index (χ1) is 9.81. The van der Waals surface area contributed by atoms with Crippen LogP contribution in [0.3, 0.4) is 0 Å². The summed E-state index contributed by atoms with van der Waals surface area (Å²) >= 11 is 0. The fraction of sp³-hybridized carbons (Fsp3) is 0.867. The molecule has 0 bridgehead atoms. The number of hydrogen-bond acceptors (Lipinski definition) is 4. The number of carbonyl (C=O) groups is 2. The fourth-order valence-corrected chi connectivity index (χ4v) is 2.05. The second kappa shape index (κ2) is 8.10. The molecule has 1 aliphatic heterocycles. The molecule has 6 heteroatoms. The molecule has 1 fully saturated rings. The first-order valence-electron chi connectivity index (χ1n) is 7.73. The summed E-state index contributed by atoms with van der Waals surface area (Å²) in [6.45, 7) is 9.25. The van der Waals surface area contributed by atoms with Crippen LogP contribution in [0.25, 0.3) is 0 Å². The molecule has 0 atom stereocenters. The standard InChI is InChI=1S/C15H28N2O4/c1-5-6-11-20-13(18)16-12-7-9-17(10-8-12)14(19)21-15(2,3)4/h12H,5-11H2,1-4H3,(H,16,18). The Kier molecular flexibility index (Phi) is 6.78. The molecule has 0 aromatic carbocycles. The number of rotatable bonds is 4. The van der Waals surface area contributed by atoms with Gasteiger partial charge in [0.1, 0.15) is 5.60 Å². The van der Waals surface area contributed by atoms with Gasteiger partial charge in [-0.2, -0.15) is 0 Å². The molecule has 1 aliphatic rings. The maximum atomic E-state index is 11.9. The summed E-state index contributed by atoms with van der Waals surface area (Å²) in [6.07, 6.45) is 2.68. The molecule has 0 aromatic heterocycles. The summed E-state index contributed by atoms with van der Waals surface area (Å²) in [7, 11) is 0. The van der Waals surface area contributed by atoms with Crippen molar-refractivity contribution in [1.82, 2.24) is 10.2 Å². The number of amides is 2. The van der Waals surface area contributed by atoms with Crippen LogP contribution in [0.1, 0.15) is 53.4 Å². The van der Waals surface area contributed by atoms with E-state index >= 15 is 0 Å². The average molecular weight is 300 g/mol. The van der Waals surface area contributed by atoms with E-state index in [1.54, 1.807) is 4.90 Å². The van der Waals surface area contributed by atoms with Gasteiger partial charge in [0.2, 0.25) is 0 Å². The second-order valence-corrected chi connectivity index (χ2v) is 6.38. The zero-order valence-corrected chi connectivity index (χ0v) is 13.6. The Balaban J connectivity index is 2.26. The Morgan fingerprint density at radius 3 is 2.38 bits per heavy atom. The molecule has 1 N–H and O–H groups in total. The third-order valence-electron chi connectivity index (χ3n) is 3.20. The lowest BCUT2D eigenvalue weighted by Crippen LogP contribution is -2.47. The van der Waals surface area contributed by atoms with Gasteiger partial charge in [-0.25, -0.2) is 9.59 Å². The van der Waals surface area contributed by atoms with Gasteiger partial charge in [-0.3, -0.25) is 0 Å². The highest BCUT2D eigenvalue weighted by Gasteiger charge is 2.27. The molecule has 2 amide bonds. The maximum Gasteiger partial charge on any atom is 0.410 e. The van der Waals surface area contributed by atoms with Crippen LogP contribution < -0.4 is 5.32 Å². The number of nitrogens with zero attached hydrogens (tertiary/aromatic N) is 1. The van der Waals surface area contributed by atoms with E-state index in [2.05, 4.69) is 5.32 Å². The van der Waals surface area contributed by atoms with E-state index < -0.39 is 5.60 Å². The summed E-state index contributed by atoms with van der Waals surface area (Å²) in [5, 5.41) is 2.85. The summed E-state index contributed by atoms with van der Waals surface area (Å²) in [4.78, 5) is 25.1. The minimum absolute atomic E-state index is 0.0674. The van der Waals surface area contributed by atoms with E-state index in [9.17, 15) is 9.59 Å². The number of alkyl carbamates (subject to hydrolysis) is 1. The zero-order chi connectivity index (χ0) is 15.9. The third kappa shape index (κ3) is 7.20. The smallest absolute Gasteiger partial charge is 0.410 e. The van der Waals surface area contributed by atoms with Crippen molar-refractivity contribution in [1.29, 1.82) is 0 Å². The van der Waals surface area contributed by atoms with E-state index in [1.807, 2.05) is 27.7 Å². The number of carbonyl (C=O) groups excluding carboxylic acids is 2. The van der Waals surface area contributed by atoms with Crippen LogP contribution in [-0.2, 0) is 9.47 Å². The quantitative estimate of drug-likeness (QED) is 0.811. The van der Waals surface area contributed by atoms with Gasteiger partial charge in [-0.05, 0) is 40.0 Å². The van der Waals surface area contributed by atoms with Crippen molar-refractivity contribution in [2.75, 3.05) is 19.7 Å². The van der Waals surface area contributed by atoms with Crippen molar-refractivity contribution >= 4 is 12.2 Å². The monoisotopic (exact) mass is 300 g/mol. The van der Waals surface area contributed by atoms with Gasteiger partial charge >= 0.3 is 12.2 Å². The van der Waals surface area contributed by atoms with Crippen LogP contribution in [0.5, 0.6) is 0 Å². The third-order valence-corrected chi connectivity index (χ3v) is 3.20. The zero-order valence-electron chi connectivity index (χ0n) is 13.6. The molecule has 1 rings (SSSR count). The number of hydrogen-bond donors (Lipinski definition) is 1. The molecule has 6 nitrogen and oxygen atoms in total. The van der Waals surface area contributed by atoms with Gasteiger partial charge in [0.25, 0.3) is 0 Å². The Hall–Kier alpha value is -1.46. The topological polar surface area (TPSA) is 67.9 Å². The molecule has 21 heavy (non-hydrogen) atoms. The first kappa shape index (κ1) is 17.6. The van der Waals surface area contributed by atoms with Crippen LogP contribution in [0.4, 0.5) is 9.59 Å². The van der Waals surface area contributed by atoms with E-state index in [0.717, 1.165) is 25.7 Å². The van der Waals surface area contributed by atoms with Crippen LogP contribution in [0.15, 0.2) is 0 Å². The van der Waals surface area contributed by atoms with Gasteiger partial charge in [0, 0.05) is 19.1 Å². The summed E-state index contributed by atoms with van der Waals surface area (Å²) in [5.41, 5.74) is -0.477. The molecule has 0 saturated carbocycles. The van der Waals surface area contributed by atoms with E-state index in [0.29, 0.717) is 19.7 Å². The van der Waals surface area contributed by atoms with Gasteiger partial charge in [0.15, 0.2) is 0 Å². The van der Waals surface area contributed by atoms with E-state index in [1.165, 1.54) is 0 Å². The number of piperidine rings is 1. The molecule has 0 aliphatic carbocycles. The second-order valence-electron chi connectivity index (χ2n) is 6.38.